The summed E-state index contributed by atoms with van der Waals surface area (Å²) in [5.41, 5.74) is 0. The Hall–Kier alpha value is -1.92. The van der Waals surface area contributed by atoms with Gasteiger partial charge in [-0.1, -0.05) is 147 Å². The Morgan fingerprint density at radius 1 is 0.644 bits per heavy atom. The minimum absolute atomic E-state index is 0.0953. The molecular weight excluding hydrogens is 564 g/mol. The summed E-state index contributed by atoms with van der Waals surface area (Å²) < 4.78 is 16.3. The van der Waals surface area contributed by atoms with Crippen molar-refractivity contribution >= 4 is 11.9 Å². The predicted octanol–water partition coefficient (Wildman–Crippen LogP) is 10.3. The van der Waals surface area contributed by atoms with Crippen LogP contribution in [0, 0.1) is 0 Å². The molecule has 1 saturated heterocycles. The highest BCUT2D eigenvalue weighted by Crippen LogP contribution is 2.30. The number of aliphatic hydroxyl groups is 1. The van der Waals surface area contributed by atoms with E-state index in [1.807, 2.05) is 0 Å². The summed E-state index contributed by atoms with van der Waals surface area (Å²) in [7, 11) is 0. The molecule has 1 heterocycles. The highest BCUT2D eigenvalue weighted by Gasteiger charge is 2.36. The van der Waals surface area contributed by atoms with Crippen molar-refractivity contribution in [3.8, 4) is 0 Å². The van der Waals surface area contributed by atoms with Crippen LogP contribution in [0.1, 0.15) is 168 Å². The number of carbonyl (C=O) groups excluding carboxylic acids is 2. The number of carbonyl (C=O) groups is 2. The largest absolute Gasteiger partial charge is 0.462 e. The molecule has 0 aromatic heterocycles. The topological polar surface area (TPSA) is 85.4 Å². The molecule has 0 radical (unpaired) electrons. The first-order valence-electron chi connectivity index (χ1n) is 18.7. The number of hydrogen-bond donors (Lipinski definition) is 1. The van der Waals surface area contributed by atoms with E-state index in [4.69, 9.17) is 14.2 Å². The van der Waals surface area contributed by atoms with Crippen LogP contribution in [0.3, 0.4) is 0 Å². The van der Waals surface area contributed by atoms with Crippen molar-refractivity contribution in [2.24, 2.45) is 0 Å². The monoisotopic (exact) mass is 633 g/mol. The lowest BCUT2D eigenvalue weighted by Gasteiger charge is -2.15. The van der Waals surface area contributed by atoms with E-state index in [1.165, 1.54) is 89.9 Å². The van der Waals surface area contributed by atoms with Gasteiger partial charge in [-0.3, -0.25) is 9.59 Å². The van der Waals surface area contributed by atoms with Crippen molar-refractivity contribution in [2.75, 3.05) is 13.2 Å². The van der Waals surface area contributed by atoms with Crippen LogP contribution in [0.4, 0.5) is 0 Å². The third kappa shape index (κ3) is 27.0. The standard InChI is InChI=1S/C39H68O6/c1-3-5-7-8-9-10-11-12-13-18-21-24-28-32-39(42)44-35(33-40)34-43-38(41)31-27-23-20-17-15-14-16-19-22-26-30-37-36(45-37)29-25-6-4-2/h14,16-17,20,22,26,35-37,40H,3-13,15,18-19,21,23-25,27-34H2,1-2H3/b16-14-,20-17-,26-22-/t35-,36?,37?/m0/s1. The summed E-state index contributed by atoms with van der Waals surface area (Å²) in [6, 6.07) is 0. The Morgan fingerprint density at radius 2 is 1.18 bits per heavy atom. The van der Waals surface area contributed by atoms with E-state index < -0.39 is 6.10 Å². The molecule has 1 N–H and O–H groups in total. The Balaban J connectivity index is 1.93. The fourth-order valence-corrected chi connectivity index (χ4v) is 5.40. The van der Waals surface area contributed by atoms with Crippen LogP contribution >= 0.6 is 0 Å². The number of rotatable bonds is 32. The molecule has 3 atom stereocenters. The first-order valence-corrected chi connectivity index (χ1v) is 18.7. The molecule has 0 aromatic rings. The van der Waals surface area contributed by atoms with Crippen LogP contribution in [-0.4, -0.2) is 48.6 Å². The number of unbranched alkanes of at least 4 members (excludes halogenated alkanes) is 15. The maximum absolute atomic E-state index is 12.1. The highest BCUT2D eigenvalue weighted by atomic mass is 16.6. The second-order valence-electron chi connectivity index (χ2n) is 12.7. The smallest absolute Gasteiger partial charge is 0.306 e. The lowest BCUT2D eigenvalue weighted by atomic mass is 10.0. The van der Waals surface area contributed by atoms with Crippen LogP contribution in [0.5, 0.6) is 0 Å². The van der Waals surface area contributed by atoms with Crippen molar-refractivity contribution in [3.05, 3.63) is 36.5 Å². The van der Waals surface area contributed by atoms with Crippen LogP contribution in [-0.2, 0) is 23.8 Å². The van der Waals surface area contributed by atoms with Crippen molar-refractivity contribution < 1.29 is 28.9 Å². The molecule has 1 aliphatic heterocycles. The highest BCUT2D eigenvalue weighted by molar-refractivity contribution is 5.70. The number of allylic oxidation sites excluding steroid dienone is 5. The van der Waals surface area contributed by atoms with Gasteiger partial charge in [-0.05, 0) is 44.9 Å². The first kappa shape index (κ1) is 41.1. The molecule has 0 spiro atoms. The van der Waals surface area contributed by atoms with Crippen LogP contribution in [0.25, 0.3) is 0 Å². The zero-order chi connectivity index (χ0) is 32.6. The number of ether oxygens (including phenoxy) is 3. The lowest BCUT2D eigenvalue weighted by Crippen LogP contribution is -2.28. The maximum Gasteiger partial charge on any atom is 0.306 e. The van der Waals surface area contributed by atoms with Gasteiger partial charge in [0.1, 0.15) is 6.61 Å². The van der Waals surface area contributed by atoms with Gasteiger partial charge >= 0.3 is 11.9 Å². The van der Waals surface area contributed by atoms with Crippen molar-refractivity contribution in [1.82, 2.24) is 0 Å². The zero-order valence-electron chi connectivity index (χ0n) is 29.1. The van der Waals surface area contributed by atoms with Crippen molar-refractivity contribution in [3.63, 3.8) is 0 Å². The van der Waals surface area contributed by atoms with Gasteiger partial charge < -0.3 is 19.3 Å². The van der Waals surface area contributed by atoms with Gasteiger partial charge in [-0.15, -0.1) is 0 Å². The summed E-state index contributed by atoms with van der Waals surface area (Å²) in [6.07, 6.45) is 39.5. The predicted molar refractivity (Wildman–Crippen MR) is 186 cm³/mol. The molecule has 2 unspecified atom stereocenters. The van der Waals surface area contributed by atoms with E-state index in [2.05, 4.69) is 50.3 Å². The molecule has 1 rings (SSSR count). The van der Waals surface area contributed by atoms with Gasteiger partial charge in [0.05, 0.1) is 18.8 Å². The summed E-state index contributed by atoms with van der Waals surface area (Å²) in [5.74, 6) is -0.660. The maximum atomic E-state index is 12.1. The van der Waals surface area contributed by atoms with E-state index in [9.17, 15) is 14.7 Å². The molecule has 260 valence electrons. The summed E-state index contributed by atoms with van der Waals surface area (Å²) in [4.78, 5) is 24.2. The number of epoxide rings is 1. The Labute approximate surface area is 276 Å². The van der Waals surface area contributed by atoms with Gasteiger partial charge in [0, 0.05) is 12.8 Å². The Bertz CT molecular complexity index is 788. The summed E-state index contributed by atoms with van der Waals surface area (Å²) in [5, 5.41) is 9.52. The third-order valence-electron chi connectivity index (χ3n) is 8.36. The first-order chi connectivity index (χ1) is 22.1. The molecule has 45 heavy (non-hydrogen) atoms. The van der Waals surface area contributed by atoms with E-state index in [1.54, 1.807) is 0 Å². The van der Waals surface area contributed by atoms with Crippen LogP contribution < -0.4 is 0 Å². The number of esters is 2. The van der Waals surface area contributed by atoms with E-state index in [0.29, 0.717) is 31.5 Å². The SMILES string of the molecule is CCCCCCCCCCCCCCCC(=O)O[C@@H](CO)COC(=O)CCC/C=C\C/C=C\C/C=C\CC1OC1CCCCC. The second-order valence-corrected chi connectivity index (χ2v) is 12.7. The summed E-state index contributed by atoms with van der Waals surface area (Å²) in [6.45, 7) is 4.04. The molecule has 0 amide bonds. The van der Waals surface area contributed by atoms with Crippen molar-refractivity contribution in [1.29, 1.82) is 0 Å². The molecule has 6 heteroatoms. The van der Waals surface area contributed by atoms with E-state index >= 15 is 0 Å². The molecule has 0 saturated carbocycles. The second kappa shape index (κ2) is 30.7. The van der Waals surface area contributed by atoms with Gasteiger partial charge in [0.25, 0.3) is 0 Å². The minimum atomic E-state index is -0.792. The van der Waals surface area contributed by atoms with Crippen LogP contribution in [0.2, 0.25) is 0 Å². The quantitative estimate of drug-likeness (QED) is 0.0344. The number of aliphatic hydroxyl groups excluding tert-OH is 1. The van der Waals surface area contributed by atoms with E-state index in [0.717, 1.165) is 44.9 Å². The molecule has 1 fully saturated rings. The van der Waals surface area contributed by atoms with Gasteiger partial charge in [0.2, 0.25) is 0 Å². The third-order valence-corrected chi connectivity index (χ3v) is 8.36. The molecule has 1 aliphatic rings. The molecular formula is C39H68O6. The average molecular weight is 633 g/mol. The van der Waals surface area contributed by atoms with Crippen LogP contribution in [0.15, 0.2) is 36.5 Å². The summed E-state index contributed by atoms with van der Waals surface area (Å²) >= 11 is 0. The number of hydrogen-bond acceptors (Lipinski definition) is 6. The Morgan fingerprint density at radius 3 is 1.80 bits per heavy atom. The average Bonchev–Trinajstić information content (AvgIpc) is 3.79. The fraction of sp³-hybridized carbons (Fsp3) is 0.795. The molecule has 0 bridgehead atoms. The van der Waals surface area contributed by atoms with E-state index in [-0.39, 0.29) is 25.2 Å². The van der Waals surface area contributed by atoms with Crippen molar-refractivity contribution in [2.45, 2.75) is 186 Å². The molecule has 0 aliphatic carbocycles. The minimum Gasteiger partial charge on any atom is -0.462 e. The zero-order valence-corrected chi connectivity index (χ0v) is 29.1. The van der Waals surface area contributed by atoms with Gasteiger partial charge in [-0.2, -0.15) is 0 Å². The van der Waals surface area contributed by atoms with Gasteiger partial charge in [-0.25, -0.2) is 0 Å². The van der Waals surface area contributed by atoms with Gasteiger partial charge in [0.15, 0.2) is 6.10 Å². The fourth-order valence-electron chi connectivity index (χ4n) is 5.40. The normalized spacial score (nSPS) is 17.0. The molecule has 6 nitrogen and oxygen atoms in total. The lowest BCUT2D eigenvalue weighted by molar-refractivity contribution is -0.161. The Kier molecular flexibility index (Phi) is 28.1. The molecule has 0 aromatic carbocycles.